The zero-order valence-electron chi connectivity index (χ0n) is 14.8. The molecule has 3 heteroatoms. The van der Waals surface area contributed by atoms with Crippen LogP contribution < -0.4 is 0 Å². The number of ether oxygens (including phenoxy) is 1. The predicted molar refractivity (Wildman–Crippen MR) is 101 cm³/mol. The number of halogens is 1. The highest BCUT2D eigenvalue weighted by atomic mass is 19.1. The fraction of sp³-hybridized carbons (Fsp3) is 0.227. The molecule has 128 valence electrons. The van der Waals surface area contributed by atoms with Crippen molar-refractivity contribution in [2.45, 2.75) is 26.2 Å². The highest BCUT2D eigenvalue weighted by Gasteiger charge is 2.16. The molecule has 3 rings (SSSR count). The number of rotatable bonds is 2. The van der Waals surface area contributed by atoms with Crippen molar-refractivity contribution < 1.29 is 9.13 Å². The van der Waals surface area contributed by atoms with E-state index in [0.717, 1.165) is 16.8 Å². The summed E-state index contributed by atoms with van der Waals surface area (Å²) in [5, 5.41) is 0. The van der Waals surface area contributed by atoms with Gasteiger partial charge in [-0.05, 0) is 35.2 Å². The molecule has 0 spiro atoms. The molecule has 0 unspecified atom stereocenters. The van der Waals surface area contributed by atoms with E-state index in [0.29, 0.717) is 18.1 Å². The average molecular weight is 335 g/mol. The Kier molecular flexibility index (Phi) is 4.58. The van der Waals surface area contributed by atoms with Crippen LogP contribution in [0.2, 0.25) is 0 Å². The number of nitrogens with zero attached hydrogens (tertiary/aromatic N) is 1. The van der Waals surface area contributed by atoms with E-state index in [1.54, 1.807) is 12.1 Å². The van der Waals surface area contributed by atoms with E-state index in [4.69, 9.17) is 4.74 Å². The van der Waals surface area contributed by atoms with Crippen LogP contribution in [0.3, 0.4) is 0 Å². The lowest BCUT2D eigenvalue weighted by atomic mass is 9.86. The highest BCUT2D eigenvalue weighted by molar-refractivity contribution is 6.12. The molecule has 0 amide bonds. The largest absolute Gasteiger partial charge is 0.460 e. The molecule has 0 saturated heterocycles. The topological polar surface area (TPSA) is 21.6 Å². The SMILES string of the molecule is C=C1CN=C(c2ccc(F)cc2)C=C(c2ccc(C(C)(C)C)cc2)O1. The number of hydrogen-bond acceptors (Lipinski definition) is 2. The van der Waals surface area contributed by atoms with Crippen molar-refractivity contribution in [1.29, 1.82) is 0 Å². The molecule has 1 aliphatic rings. The molecule has 25 heavy (non-hydrogen) atoms. The monoisotopic (exact) mass is 335 g/mol. The van der Waals surface area contributed by atoms with Crippen molar-refractivity contribution in [2.24, 2.45) is 4.99 Å². The zero-order valence-corrected chi connectivity index (χ0v) is 14.8. The molecule has 0 fully saturated rings. The first-order valence-corrected chi connectivity index (χ1v) is 8.31. The van der Waals surface area contributed by atoms with Crippen LogP contribution in [0, 0.1) is 5.82 Å². The van der Waals surface area contributed by atoms with Crippen molar-refractivity contribution in [3.05, 3.63) is 89.5 Å². The van der Waals surface area contributed by atoms with Gasteiger partial charge < -0.3 is 4.74 Å². The molecule has 2 nitrogen and oxygen atoms in total. The molecule has 0 aliphatic carbocycles. The van der Waals surface area contributed by atoms with Crippen LogP contribution in [0.1, 0.15) is 37.5 Å². The second-order valence-electron chi connectivity index (χ2n) is 7.19. The summed E-state index contributed by atoms with van der Waals surface area (Å²) in [4.78, 5) is 4.53. The van der Waals surface area contributed by atoms with Gasteiger partial charge in [0.2, 0.25) is 0 Å². The quantitative estimate of drug-likeness (QED) is 0.710. The third kappa shape index (κ3) is 4.05. The lowest BCUT2D eigenvalue weighted by Crippen LogP contribution is -2.10. The molecule has 2 aromatic rings. The molecular formula is C22H22FNO. The number of aliphatic imine (C=N–C) groups is 1. The molecule has 2 aromatic carbocycles. The normalized spacial score (nSPS) is 15.1. The van der Waals surface area contributed by atoms with Gasteiger partial charge in [-0.2, -0.15) is 0 Å². The maximum Gasteiger partial charge on any atom is 0.136 e. The number of allylic oxidation sites excluding steroid dienone is 1. The van der Waals surface area contributed by atoms with E-state index in [1.165, 1.54) is 17.7 Å². The van der Waals surface area contributed by atoms with Crippen LogP contribution >= 0.6 is 0 Å². The Hall–Kier alpha value is -2.68. The summed E-state index contributed by atoms with van der Waals surface area (Å²) in [5.41, 5.74) is 3.93. The Balaban J connectivity index is 1.97. The van der Waals surface area contributed by atoms with Crippen LogP contribution in [0.4, 0.5) is 4.39 Å². The lowest BCUT2D eigenvalue weighted by Gasteiger charge is -2.19. The van der Waals surface area contributed by atoms with Gasteiger partial charge in [-0.1, -0.05) is 51.6 Å². The van der Waals surface area contributed by atoms with Crippen LogP contribution in [0.15, 0.2) is 71.9 Å². The van der Waals surface area contributed by atoms with Gasteiger partial charge in [0.15, 0.2) is 0 Å². The molecule has 0 atom stereocenters. The summed E-state index contributed by atoms with van der Waals surface area (Å²) in [6, 6.07) is 14.6. The minimum Gasteiger partial charge on any atom is -0.460 e. The molecule has 0 N–H and O–H groups in total. The van der Waals surface area contributed by atoms with Gasteiger partial charge in [-0.25, -0.2) is 4.39 Å². The number of benzene rings is 2. The molecule has 1 aliphatic heterocycles. The first-order chi connectivity index (χ1) is 11.8. The molecule has 0 bridgehead atoms. The van der Waals surface area contributed by atoms with E-state index in [1.807, 2.05) is 18.2 Å². The van der Waals surface area contributed by atoms with E-state index < -0.39 is 0 Å². The summed E-state index contributed by atoms with van der Waals surface area (Å²) in [6.45, 7) is 10.9. The first-order valence-electron chi connectivity index (χ1n) is 8.31. The van der Waals surface area contributed by atoms with E-state index in [-0.39, 0.29) is 11.2 Å². The molecule has 0 radical (unpaired) electrons. The van der Waals surface area contributed by atoms with Gasteiger partial charge in [0, 0.05) is 17.2 Å². The molecular weight excluding hydrogens is 313 g/mol. The standard InChI is InChI=1S/C22H22FNO/c1-15-14-24-20(16-7-11-19(23)12-8-16)13-21(25-15)17-5-9-18(10-6-17)22(2,3)4/h5-13H,1,14H2,2-4H3. The second kappa shape index (κ2) is 6.67. The fourth-order valence-electron chi connectivity index (χ4n) is 2.63. The highest BCUT2D eigenvalue weighted by Crippen LogP contribution is 2.27. The van der Waals surface area contributed by atoms with Crippen LogP contribution in [-0.4, -0.2) is 12.3 Å². The van der Waals surface area contributed by atoms with Gasteiger partial charge in [-0.15, -0.1) is 0 Å². The second-order valence-corrected chi connectivity index (χ2v) is 7.19. The van der Waals surface area contributed by atoms with Crippen LogP contribution in [-0.2, 0) is 10.2 Å². The third-order valence-corrected chi connectivity index (χ3v) is 4.12. The van der Waals surface area contributed by atoms with Crippen molar-refractivity contribution in [3.8, 4) is 0 Å². The van der Waals surface area contributed by atoms with Gasteiger partial charge in [0.25, 0.3) is 0 Å². The summed E-state index contributed by atoms with van der Waals surface area (Å²) in [6.07, 6.45) is 1.89. The van der Waals surface area contributed by atoms with Gasteiger partial charge in [0.1, 0.15) is 17.3 Å². The summed E-state index contributed by atoms with van der Waals surface area (Å²) in [7, 11) is 0. The van der Waals surface area contributed by atoms with Crippen LogP contribution in [0.5, 0.6) is 0 Å². The summed E-state index contributed by atoms with van der Waals surface area (Å²) in [5.74, 6) is 1.02. The van der Waals surface area contributed by atoms with Gasteiger partial charge in [0.05, 0.1) is 12.3 Å². The Morgan fingerprint density at radius 2 is 1.56 bits per heavy atom. The summed E-state index contributed by atoms with van der Waals surface area (Å²) < 4.78 is 19.1. The minimum atomic E-state index is -0.263. The van der Waals surface area contributed by atoms with Crippen molar-refractivity contribution in [3.63, 3.8) is 0 Å². The van der Waals surface area contributed by atoms with Crippen LogP contribution in [0.25, 0.3) is 5.76 Å². The number of hydrogen-bond donors (Lipinski definition) is 0. The fourth-order valence-corrected chi connectivity index (χ4v) is 2.63. The average Bonchev–Trinajstić information content (AvgIpc) is 2.77. The minimum absolute atomic E-state index is 0.0988. The third-order valence-electron chi connectivity index (χ3n) is 4.12. The molecule has 0 saturated carbocycles. The Morgan fingerprint density at radius 3 is 2.16 bits per heavy atom. The van der Waals surface area contributed by atoms with Crippen molar-refractivity contribution in [1.82, 2.24) is 0 Å². The smallest absolute Gasteiger partial charge is 0.136 e. The van der Waals surface area contributed by atoms with E-state index >= 15 is 0 Å². The first kappa shape index (κ1) is 17.2. The maximum absolute atomic E-state index is 13.2. The Morgan fingerprint density at radius 1 is 0.960 bits per heavy atom. The van der Waals surface area contributed by atoms with Crippen molar-refractivity contribution >= 4 is 11.5 Å². The Labute approximate surface area is 148 Å². The predicted octanol–water partition coefficient (Wildman–Crippen LogP) is 5.50. The Bertz CT molecular complexity index is 837. The maximum atomic E-state index is 13.2. The lowest BCUT2D eigenvalue weighted by molar-refractivity contribution is 0.381. The van der Waals surface area contributed by atoms with Crippen molar-refractivity contribution in [2.75, 3.05) is 6.54 Å². The summed E-state index contributed by atoms with van der Waals surface area (Å²) >= 11 is 0. The van der Waals surface area contributed by atoms with Gasteiger partial charge >= 0.3 is 0 Å². The van der Waals surface area contributed by atoms with E-state index in [9.17, 15) is 4.39 Å². The zero-order chi connectivity index (χ0) is 18.0. The van der Waals surface area contributed by atoms with Gasteiger partial charge in [-0.3, -0.25) is 4.99 Å². The molecule has 0 aromatic heterocycles. The molecule has 1 heterocycles. The van der Waals surface area contributed by atoms with E-state index in [2.05, 4.69) is 44.5 Å².